The zero-order chi connectivity index (χ0) is 14.8. The second kappa shape index (κ2) is 6.10. The molecule has 3 aromatic rings. The van der Waals surface area contributed by atoms with E-state index in [1.807, 2.05) is 0 Å². The van der Waals surface area contributed by atoms with Gasteiger partial charge in [0.1, 0.15) is 0 Å². The number of aryl methyl sites for hydroxylation is 1. The van der Waals surface area contributed by atoms with E-state index in [-0.39, 0.29) is 0 Å². The van der Waals surface area contributed by atoms with Crippen LogP contribution in [0.15, 0.2) is 66.7 Å². The van der Waals surface area contributed by atoms with Crippen LogP contribution in [0.3, 0.4) is 0 Å². The van der Waals surface area contributed by atoms with Crippen LogP contribution in [-0.4, -0.2) is 0 Å². The molecule has 0 heterocycles. The quantitative estimate of drug-likeness (QED) is 0.618. The summed E-state index contributed by atoms with van der Waals surface area (Å²) in [4.78, 5) is 0. The fourth-order valence-electron chi connectivity index (χ4n) is 2.47. The molecule has 2 unspecified atom stereocenters. The monoisotopic (exact) mass is 308 g/mol. The minimum absolute atomic E-state index is 1.21. The van der Waals surface area contributed by atoms with Crippen molar-refractivity contribution >= 4 is 29.1 Å². The van der Waals surface area contributed by atoms with Crippen LogP contribution < -0.4 is 10.6 Å². The third kappa shape index (κ3) is 3.41. The summed E-state index contributed by atoms with van der Waals surface area (Å²) in [6.45, 7) is 2.15. The van der Waals surface area contributed by atoms with Gasteiger partial charge >= 0.3 is 0 Å². The Hall–Kier alpha value is -1.48. The lowest BCUT2D eigenvalue weighted by Crippen LogP contribution is -1.91. The van der Waals surface area contributed by atoms with Gasteiger partial charge in [0.25, 0.3) is 0 Å². The molecule has 0 nitrogen and oxygen atoms in total. The van der Waals surface area contributed by atoms with Crippen LogP contribution in [0.25, 0.3) is 22.3 Å². The summed E-state index contributed by atoms with van der Waals surface area (Å²) in [6.07, 6.45) is 0. The van der Waals surface area contributed by atoms with Crippen molar-refractivity contribution in [3.63, 3.8) is 0 Å². The van der Waals surface area contributed by atoms with E-state index in [4.69, 9.17) is 0 Å². The Morgan fingerprint density at radius 1 is 0.524 bits per heavy atom. The molecule has 0 amide bonds. The molecule has 2 heteroatoms. The second-order valence-electron chi connectivity index (χ2n) is 5.33. The molecule has 0 aliphatic heterocycles. The molecule has 2 atom stereocenters. The Morgan fingerprint density at radius 2 is 0.905 bits per heavy atom. The van der Waals surface area contributed by atoms with E-state index in [2.05, 4.69) is 92.1 Å². The molecule has 0 saturated heterocycles. The zero-order valence-electron chi connectivity index (χ0n) is 12.0. The van der Waals surface area contributed by atoms with E-state index in [1.54, 1.807) is 0 Å². The van der Waals surface area contributed by atoms with Crippen molar-refractivity contribution in [2.24, 2.45) is 0 Å². The van der Waals surface area contributed by atoms with Crippen molar-refractivity contribution in [1.29, 1.82) is 0 Å². The standard InChI is InChI=1S/C19H18P2/c1-13-10-16(14-2-6-18(20)7-3-14)12-17(11-13)15-4-8-19(21)9-5-15/h2-12H,20-21H2,1H3. The number of benzene rings is 3. The van der Waals surface area contributed by atoms with Gasteiger partial charge in [0.15, 0.2) is 0 Å². The first kappa shape index (κ1) is 14.5. The van der Waals surface area contributed by atoms with Crippen LogP contribution in [0.5, 0.6) is 0 Å². The molecule has 0 bridgehead atoms. The van der Waals surface area contributed by atoms with Crippen LogP contribution in [0.1, 0.15) is 5.56 Å². The van der Waals surface area contributed by atoms with Gasteiger partial charge in [-0.15, -0.1) is 18.5 Å². The molecule has 3 rings (SSSR count). The first-order valence-corrected chi connectivity index (χ1v) is 8.11. The van der Waals surface area contributed by atoms with Gasteiger partial charge in [-0.1, -0.05) is 60.7 Å². The van der Waals surface area contributed by atoms with Gasteiger partial charge in [0.2, 0.25) is 0 Å². The smallest absolute Gasteiger partial charge is 0.0175 e. The topological polar surface area (TPSA) is 0 Å². The normalized spacial score (nSPS) is 10.6. The van der Waals surface area contributed by atoms with Crippen molar-refractivity contribution in [3.8, 4) is 22.3 Å². The van der Waals surface area contributed by atoms with Gasteiger partial charge in [-0.2, -0.15) is 0 Å². The Labute approximate surface area is 131 Å². The number of hydrogen-bond donors (Lipinski definition) is 0. The highest BCUT2D eigenvalue weighted by Crippen LogP contribution is 2.27. The molecule has 21 heavy (non-hydrogen) atoms. The molecule has 0 fully saturated rings. The highest BCUT2D eigenvalue weighted by Gasteiger charge is 2.04. The average Bonchev–Trinajstić information content (AvgIpc) is 2.48. The average molecular weight is 308 g/mol. The Bertz CT molecular complexity index is 693. The highest BCUT2D eigenvalue weighted by atomic mass is 31.0. The summed E-state index contributed by atoms with van der Waals surface area (Å²) in [5.74, 6) is 0. The van der Waals surface area contributed by atoms with Crippen LogP contribution >= 0.6 is 18.5 Å². The Kier molecular flexibility index (Phi) is 4.20. The molecule has 0 spiro atoms. The third-order valence-electron chi connectivity index (χ3n) is 3.57. The van der Waals surface area contributed by atoms with Crippen molar-refractivity contribution in [3.05, 3.63) is 72.3 Å². The van der Waals surface area contributed by atoms with Gasteiger partial charge < -0.3 is 0 Å². The van der Waals surface area contributed by atoms with Crippen LogP contribution in [0.2, 0.25) is 0 Å². The van der Waals surface area contributed by atoms with Gasteiger partial charge in [-0.25, -0.2) is 0 Å². The van der Waals surface area contributed by atoms with Crippen LogP contribution in [0, 0.1) is 6.92 Å². The molecule has 0 saturated carbocycles. The van der Waals surface area contributed by atoms with Crippen molar-refractivity contribution in [2.75, 3.05) is 0 Å². The largest absolute Gasteiger partial charge is 0.106 e. The van der Waals surface area contributed by atoms with E-state index in [9.17, 15) is 0 Å². The molecular formula is C19H18P2. The van der Waals surface area contributed by atoms with Crippen LogP contribution in [-0.2, 0) is 0 Å². The summed E-state index contributed by atoms with van der Waals surface area (Å²) in [6, 6.07) is 24.0. The van der Waals surface area contributed by atoms with E-state index in [0.717, 1.165) is 0 Å². The highest BCUT2D eigenvalue weighted by molar-refractivity contribution is 7.27. The molecular weight excluding hydrogens is 290 g/mol. The maximum atomic E-state index is 2.73. The third-order valence-corrected chi connectivity index (χ3v) is 4.34. The lowest BCUT2D eigenvalue weighted by molar-refractivity contribution is 1.46. The lowest BCUT2D eigenvalue weighted by atomic mass is 9.97. The lowest BCUT2D eigenvalue weighted by Gasteiger charge is -2.09. The van der Waals surface area contributed by atoms with Gasteiger partial charge in [-0.3, -0.25) is 0 Å². The second-order valence-corrected chi connectivity index (χ2v) is 6.67. The summed E-state index contributed by atoms with van der Waals surface area (Å²) >= 11 is 0. The molecule has 0 radical (unpaired) electrons. The van der Waals surface area contributed by atoms with E-state index < -0.39 is 0 Å². The van der Waals surface area contributed by atoms with E-state index in [1.165, 1.54) is 38.4 Å². The number of rotatable bonds is 2. The van der Waals surface area contributed by atoms with Crippen molar-refractivity contribution in [2.45, 2.75) is 6.92 Å². The van der Waals surface area contributed by atoms with Crippen LogP contribution in [0.4, 0.5) is 0 Å². The molecule has 0 aliphatic rings. The van der Waals surface area contributed by atoms with Gasteiger partial charge in [0.05, 0.1) is 0 Å². The van der Waals surface area contributed by atoms with Crippen molar-refractivity contribution in [1.82, 2.24) is 0 Å². The maximum Gasteiger partial charge on any atom is -0.0175 e. The van der Waals surface area contributed by atoms with Crippen molar-refractivity contribution < 1.29 is 0 Å². The van der Waals surface area contributed by atoms with Gasteiger partial charge in [-0.05, 0) is 51.4 Å². The molecule has 104 valence electrons. The van der Waals surface area contributed by atoms with E-state index >= 15 is 0 Å². The molecule has 0 aliphatic carbocycles. The summed E-state index contributed by atoms with van der Waals surface area (Å²) in [5.41, 5.74) is 6.34. The first-order chi connectivity index (χ1) is 10.1. The zero-order valence-corrected chi connectivity index (χ0v) is 14.3. The molecule has 0 N–H and O–H groups in total. The van der Waals surface area contributed by atoms with Gasteiger partial charge in [0, 0.05) is 0 Å². The summed E-state index contributed by atoms with van der Waals surface area (Å²) in [7, 11) is 5.46. The molecule has 0 aromatic heterocycles. The number of hydrogen-bond acceptors (Lipinski definition) is 0. The van der Waals surface area contributed by atoms with E-state index in [0.29, 0.717) is 0 Å². The minimum Gasteiger partial charge on any atom is -0.106 e. The minimum atomic E-state index is 1.21. The fourth-order valence-corrected chi connectivity index (χ4v) is 2.85. The SMILES string of the molecule is Cc1cc(-c2ccc(P)cc2)cc(-c2ccc(P)cc2)c1. The summed E-state index contributed by atoms with van der Waals surface area (Å²) in [5, 5.41) is 2.42. The first-order valence-electron chi connectivity index (χ1n) is 6.95. The Morgan fingerprint density at radius 3 is 1.29 bits per heavy atom. The predicted octanol–water partition coefficient (Wildman–Crippen LogP) is 4.33. The summed E-state index contributed by atoms with van der Waals surface area (Å²) < 4.78 is 0. The maximum absolute atomic E-state index is 2.73. The molecule has 3 aromatic carbocycles. The fraction of sp³-hybridized carbons (Fsp3) is 0.0526. The Balaban J connectivity index is 2.07. The predicted molar refractivity (Wildman–Crippen MR) is 101 cm³/mol.